The molecule has 2 N–H and O–H groups in total. The fraction of sp³-hybridized carbons (Fsp3) is 0.750. The normalized spacial score (nSPS) is 18.8. The first-order valence-corrected chi connectivity index (χ1v) is 6.04. The van der Waals surface area contributed by atoms with E-state index in [0.29, 0.717) is 12.6 Å². The van der Waals surface area contributed by atoms with Crippen LogP contribution >= 0.6 is 0 Å². The van der Waals surface area contributed by atoms with Gasteiger partial charge in [0.05, 0.1) is 17.6 Å². The number of aliphatic hydroxyl groups is 1. The number of imidazole rings is 1. The smallest absolute Gasteiger partial charge is 0.0951 e. The summed E-state index contributed by atoms with van der Waals surface area (Å²) in [6.07, 6.45) is 6.77. The van der Waals surface area contributed by atoms with Gasteiger partial charge in [-0.05, 0) is 33.1 Å². The van der Waals surface area contributed by atoms with Gasteiger partial charge in [0.2, 0.25) is 0 Å². The molecule has 1 aliphatic rings. The average molecular weight is 223 g/mol. The summed E-state index contributed by atoms with van der Waals surface area (Å²) in [6.45, 7) is 5.76. The molecule has 1 aromatic heterocycles. The highest BCUT2D eigenvalue weighted by Gasteiger charge is 2.33. The Labute approximate surface area is 96.7 Å². The van der Waals surface area contributed by atoms with Gasteiger partial charge in [-0.3, -0.25) is 0 Å². The van der Waals surface area contributed by atoms with E-state index in [0.717, 1.165) is 25.8 Å². The number of nitrogens with one attached hydrogen (secondary N) is 1. The number of rotatable bonds is 5. The lowest BCUT2D eigenvalue weighted by molar-refractivity contribution is -0.0315. The summed E-state index contributed by atoms with van der Waals surface area (Å²) < 4.78 is 2.15. The van der Waals surface area contributed by atoms with Crippen molar-refractivity contribution in [3.05, 3.63) is 18.2 Å². The molecule has 1 heterocycles. The molecule has 4 nitrogen and oxygen atoms in total. The molecular formula is C12H21N3O. The van der Waals surface area contributed by atoms with Crippen LogP contribution in [0.2, 0.25) is 0 Å². The van der Waals surface area contributed by atoms with Crippen LogP contribution < -0.4 is 5.32 Å². The van der Waals surface area contributed by atoms with Crippen LogP contribution in [0.25, 0.3) is 0 Å². The standard InChI is InChI=1S/C12H21N3O/c1-10(2)15-9-14-7-11(15)6-13-8-12(16)4-3-5-12/h7,9-10,13,16H,3-6,8H2,1-2H3. The van der Waals surface area contributed by atoms with Crippen molar-refractivity contribution in [3.63, 3.8) is 0 Å². The van der Waals surface area contributed by atoms with E-state index >= 15 is 0 Å². The molecular weight excluding hydrogens is 202 g/mol. The highest BCUT2D eigenvalue weighted by Crippen LogP contribution is 2.30. The molecule has 0 aliphatic heterocycles. The van der Waals surface area contributed by atoms with E-state index in [9.17, 15) is 5.11 Å². The number of hydrogen-bond acceptors (Lipinski definition) is 3. The summed E-state index contributed by atoms with van der Waals surface area (Å²) in [6, 6.07) is 0.436. The van der Waals surface area contributed by atoms with E-state index in [1.165, 1.54) is 5.69 Å². The zero-order valence-electron chi connectivity index (χ0n) is 10.1. The van der Waals surface area contributed by atoms with E-state index in [2.05, 4.69) is 28.7 Å². The second-order valence-corrected chi connectivity index (χ2v) is 5.07. The van der Waals surface area contributed by atoms with Gasteiger partial charge >= 0.3 is 0 Å². The zero-order valence-corrected chi connectivity index (χ0v) is 10.1. The van der Waals surface area contributed by atoms with Crippen molar-refractivity contribution in [1.82, 2.24) is 14.9 Å². The lowest BCUT2D eigenvalue weighted by atomic mass is 9.80. The van der Waals surface area contributed by atoms with Crippen LogP contribution in [0.4, 0.5) is 0 Å². The molecule has 1 fully saturated rings. The molecule has 0 unspecified atom stereocenters. The Bertz CT molecular complexity index is 342. The van der Waals surface area contributed by atoms with Crippen molar-refractivity contribution in [2.45, 2.75) is 51.3 Å². The van der Waals surface area contributed by atoms with Crippen molar-refractivity contribution in [2.24, 2.45) is 0 Å². The minimum Gasteiger partial charge on any atom is -0.389 e. The quantitative estimate of drug-likeness (QED) is 0.794. The minimum absolute atomic E-state index is 0.436. The Morgan fingerprint density at radius 1 is 1.56 bits per heavy atom. The zero-order chi connectivity index (χ0) is 11.6. The molecule has 4 heteroatoms. The van der Waals surface area contributed by atoms with E-state index in [1.54, 1.807) is 0 Å². The number of aromatic nitrogens is 2. The summed E-state index contributed by atoms with van der Waals surface area (Å²) in [5, 5.41) is 13.2. The Morgan fingerprint density at radius 3 is 2.88 bits per heavy atom. The van der Waals surface area contributed by atoms with Gasteiger partial charge in [-0.15, -0.1) is 0 Å². The molecule has 0 spiro atoms. The highest BCUT2D eigenvalue weighted by atomic mass is 16.3. The first-order valence-electron chi connectivity index (χ1n) is 6.04. The van der Waals surface area contributed by atoms with Crippen LogP contribution in [-0.4, -0.2) is 26.8 Å². The van der Waals surface area contributed by atoms with Gasteiger partial charge in [-0.2, -0.15) is 0 Å². The number of nitrogens with zero attached hydrogens (tertiary/aromatic N) is 2. The lowest BCUT2D eigenvalue weighted by Crippen LogP contribution is -2.46. The van der Waals surface area contributed by atoms with Crippen LogP contribution in [0, 0.1) is 0 Å². The summed E-state index contributed by atoms with van der Waals surface area (Å²) in [7, 11) is 0. The highest BCUT2D eigenvalue weighted by molar-refractivity contribution is 5.00. The van der Waals surface area contributed by atoms with Gasteiger partial charge in [-0.1, -0.05) is 0 Å². The van der Waals surface area contributed by atoms with Gasteiger partial charge < -0.3 is 15.0 Å². The summed E-state index contributed by atoms with van der Waals surface area (Å²) in [4.78, 5) is 4.15. The van der Waals surface area contributed by atoms with Crippen LogP contribution in [0.15, 0.2) is 12.5 Å². The lowest BCUT2D eigenvalue weighted by Gasteiger charge is -2.36. The second kappa shape index (κ2) is 4.55. The van der Waals surface area contributed by atoms with Gasteiger partial charge in [0.1, 0.15) is 0 Å². The van der Waals surface area contributed by atoms with Gasteiger partial charge in [0.15, 0.2) is 0 Å². The maximum absolute atomic E-state index is 9.93. The van der Waals surface area contributed by atoms with Crippen molar-refractivity contribution in [3.8, 4) is 0 Å². The summed E-state index contributed by atoms with van der Waals surface area (Å²) >= 11 is 0. The predicted octanol–water partition coefficient (Wildman–Crippen LogP) is 1.47. The summed E-state index contributed by atoms with van der Waals surface area (Å²) in [5.74, 6) is 0. The SMILES string of the molecule is CC(C)n1cncc1CNCC1(O)CCC1. The predicted molar refractivity (Wildman–Crippen MR) is 63.1 cm³/mol. The molecule has 0 bridgehead atoms. The molecule has 90 valence electrons. The van der Waals surface area contributed by atoms with Crippen molar-refractivity contribution in [2.75, 3.05) is 6.54 Å². The monoisotopic (exact) mass is 223 g/mol. The third kappa shape index (κ3) is 2.44. The van der Waals surface area contributed by atoms with E-state index in [1.807, 2.05) is 12.5 Å². The van der Waals surface area contributed by atoms with Gasteiger partial charge in [0, 0.05) is 25.3 Å². The third-order valence-corrected chi connectivity index (χ3v) is 3.35. The maximum atomic E-state index is 9.93. The maximum Gasteiger partial charge on any atom is 0.0951 e. The van der Waals surface area contributed by atoms with E-state index in [4.69, 9.17) is 0 Å². The first kappa shape index (κ1) is 11.6. The second-order valence-electron chi connectivity index (χ2n) is 5.07. The van der Waals surface area contributed by atoms with Crippen LogP contribution in [0.3, 0.4) is 0 Å². The largest absolute Gasteiger partial charge is 0.389 e. The molecule has 1 aromatic rings. The summed E-state index contributed by atoms with van der Waals surface area (Å²) in [5.41, 5.74) is 0.737. The molecule has 0 amide bonds. The average Bonchev–Trinajstić information content (AvgIpc) is 2.63. The van der Waals surface area contributed by atoms with Crippen LogP contribution in [0.1, 0.15) is 44.8 Å². The fourth-order valence-electron chi connectivity index (χ4n) is 2.12. The Balaban J connectivity index is 1.82. The third-order valence-electron chi connectivity index (χ3n) is 3.35. The molecule has 0 aromatic carbocycles. The van der Waals surface area contributed by atoms with Gasteiger partial charge in [-0.25, -0.2) is 4.98 Å². The van der Waals surface area contributed by atoms with Gasteiger partial charge in [0.25, 0.3) is 0 Å². The van der Waals surface area contributed by atoms with Crippen molar-refractivity contribution in [1.29, 1.82) is 0 Å². The Kier molecular flexibility index (Phi) is 3.30. The van der Waals surface area contributed by atoms with Crippen molar-refractivity contribution >= 4 is 0 Å². The molecule has 2 rings (SSSR count). The molecule has 0 radical (unpaired) electrons. The molecule has 1 aliphatic carbocycles. The first-order chi connectivity index (χ1) is 7.61. The molecule has 16 heavy (non-hydrogen) atoms. The van der Waals surface area contributed by atoms with Crippen LogP contribution in [0.5, 0.6) is 0 Å². The molecule has 0 atom stereocenters. The Hall–Kier alpha value is -0.870. The van der Waals surface area contributed by atoms with E-state index in [-0.39, 0.29) is 0 Å². The molecule has 1 saturated carbocycles. The Morgan fingerprint density at radius 2 is 2.31 bits per heavy atom. The van der Waals surface area contributed by atoms with E-state index < -0.39 is 5.60 Å². The van der Waals surface area contributed by atoms with Crippen molar-refractivity contribution < 1.29 is 5.11 Å². The topological polar surface area (TPSA) is 50.1 Å². The minimum atomic E-state index is -0.442. The fourth-order valence-corrected chi connectivity index (χ4v) is 2.12. The van der Waals surface area contributed by atoms with Crippen LogP contribution in [-0.2, 0) is 6.54 Å². The number of hydrogen-bond donors (Lipinski definition) is 2. The molecule has 0 saturated heterocycles.